The molecule has 0 saturated carbocycles. The third-order valence-electron chi connectivity index (χ3n) is 6.41. The number of aromatic nitrogens is 2. The Labute approximate surface area is 195 Å². The SMILES string of the molecule is CNC(=O)N1Cc2cc(Cl)cc(N3CCCc4cc(-c5cnn(C)c5)c(C(F)F)cc43)c2C1. The monoisotopic (exact) mass is 471 g/mol. The molecule has 6 nitrogen and oxygen atoms in total. The van der Waals surface area contributed by atoms with Crippen molar-refractivity contribution in [3.05, 3.63) is 63.9 Å². The highest BCUT2D eigenvalue weighted by Gasteiger charge is 2.30. The second kappa shape index (κ2) is 8.33. The average molecular weight is 472 g/mol. The van der Waals surface area contributed by atoms with Gasteiger partial charge in [0.2, 0.25) is 0 Å². The van der Waals surface area contributed by atoms with Gasteiger partial charge in [0.05, 0.1) is 12.7 Å². The van der Waals surface area contributed by atoms with E-state index >= 15 is 0 Å². The topological polar surface area (TPSA) is 53.4 Å². The number of fused-ring (bicyclic) bond motifs is 2. The number of hydrogen-bond acceptors (Lipinski definition) is 3. The van der Waals surface area contributed by atoms with Crippen LogP contribution in [0.4, 0.5) is 25.0 Å². The Morgan fingerprint density at radius 1 is 1.15 bits per heavy atom. The average Bonchev–Trinajstić information content (AvgIpc) is 3.42. The van der Waals surface area contributed by atoms with Crippen molar-refractivity contribution in [1.29, 1.82) is 0 Å². The summed E-state index contributed by atoms with van der Waals surface area (Å²) in [6, 6.07) is 7.08. The number of nitrogens with one attached hydrogen (secondary N) is 1. The van der Waals surface area contributed by atoms with E-state index in [2.05, 4.69) is 15.3 Å². The summed E-state index contributed by atoms with van der Waals surface area (Å²) in [5, 5.41) is 7.38. The number of alkyl halides is 2. The molecule has 0 atom stereocenters. The summed E-state index contributed by atoms with van der Waals surface area (Å²) < 4.78 is 29.9. The van der Waals surface area contributed by atoms with Crippen LogP contribution in [0, 0.1) is 0 Å². The number of carbonyl (C=O) groups excluding carboxylic acids is 1. The van der Waals surface area contributed by atoms with Crippen LogP contribution < -0.4 is 10.2 Å². The number of aryl methyl sites for hydroxylation is 2. The molecule has 2 aromatic carbocycles. The van der Waals surface area contributed by atoms with Crippen LogP contribution in [0.15, 0.2) is 36.7 Å². The highest BCUT2D eigenvalue weighted by molar-refractivity contribution is 6.31. The summed E-state index contributed by atoms with van der Waals surface area (Å²) in [5.74, 6) is 0. The lowest BCUT2D eigenvalue weighted by molar-refractivity contribution is 0.152. The zero-order chi connectivity index (χ0) is 23.3. The van der Waals surface area contributed by atoms with E-state index in [-0.39, 0.29) is 11.6 Å². The first-order chi connectivity index (χ1) is 15.9. The van der Waals surface area contributed by atoms with Crippen molar-refractivity contribution in [2.24, 2.45) is 7.05 Å². The number of benzene rings is 2. The van der Waals surface area contributed by atoms with Gasteiger partial charge in [0, 0.05) is 66.5 Å². The molecular weight excluding hydrogens is 448 g/mol. The zero-order valence-corrected chi connectivity index (χ0v) is 19.2. The normalized spacial score (nSPS) is 15.1. The molecule has 33 heavy (non-hydrogen) atoms. The third-order valence-corrected chi connectivity index (χ3v) is 6.62. The fraction of sp³-hybridized carbons (Fsp3) is 0.333. The van der Waals surface area contributed by atoms with Gasteiger partial charge in [0.15, 0.2) is 0 Å². The van der Waals surface area contributed by atoms with Gasteiger partial charge in [-0.1, -0.05) is 11.6 Å². The van der Waals surface area contributed by atoms with Crippen LogP contribution in [-0.4, -0.2) is 34.3 Å². The lowest BCUT2D eigenvalue weighted by Gasteiger charge is -2.34. The Balaban J connectivity index is 1.62. The van der Waals surface area contributed by atoms with Gasteiger partial charge in [-0.15, -0.1) is 0 Å². The van der Waals surface area contributed by atoms with Crippen molar-refractivity contribution in [3.8, 4) is 11.1 Å². The van der Waals surface area contributed by atoms with E-state index in [9.17, 15) is 13.6 Å². The van der Waals surface area contributed by atoms with E-state index in [1.54, 1.807) is 42.1 Å². The number of hydrogen-bond donors (Lipinski definition) is 1. The van der Waals surface area contributed by atoms with Gasteiger partial charge in [-0.2, -0.15) is 5.10 Å². The van der Waals surface area contributed by atoms with Crippen LogP contribution in [0.2, 0.25) is 5.02 Å². The van der Waals surface area contributed by atoms with E-state index < -0.39 is 6.43 Å². The summed E-state index contributed by atoms with van der Waals surface area (Å²) >= 11 is 6.45. The third kappa shape index (κ3) is 3.82. The molecule has 2 aliphatic heterocycles. The van der Waals surface area contributed by atoms with E-state index in [4.69, 9.17) is 11.6 Å². The molecule has 2 amide bonds. The number of anilines is 2. The summed E-state index contributed by atoms with van der Waals surface area (Å²) in [4.78, 5) is 16.0. The Morgan fingerprint density at radius 2 is 1.97 bits per heavy atom. The molecule has 2 aliphatic rings. The smallest absolute Gasteiger partial charge is 0.317 e. The molecule has 0 aliphatic carbocycles. The maximum absolute atomic E-state index is 14.2. The van der Waals surface area contributed by atoms with Gasteiger partial charge in [-0.05, 0) is 53.8 Å². The highest BCUT2D eigenvalue weighted by atomic mass is 35.5. The summed E-state index contributed by atoms with van der Waals surface area (Å²) in [6.07, 6.45) is 2.43. The zero-order valence-electron chi connectivity index (χ0n) is 18.4. The maximum atomic E-state index is 14.2. The van der Waals surface area contributed by atoms with Crippen LogP contribution in [0.1, 0.15) is 35.1 Å². The van der Waals surface area contributed by atoms with E-state index in [0.29, 0.717) is 35.8 Å². The number of urea groups is 1. The molecule has 5 rings (SSSR count). The van der Waals surface area contributed by atoms with Gasteiger partial charge in [0.25, 0.3) is 6.43 Å². The first-order valence-electron chi connectivity index (χ1n) is 10.8. The van der Waals surface area contributed by atoms with Crippen LogP contribution in [0.25, 0.3) is 11.1 Å². The Hall–Kier alpha value is -3.13. The number of nitrogens with zero attached hydrogens (tertiary/aromatic N) is 4. The first-order valence-corrected chi connectivity index (χ1v) is 11.2. The van der Waals surface area contributed by atoms with Crippen LogP contribution in [-0.2, 0) is 26.6 Å². The van der Waals surface area contributed by atoms with Crippen molar-refractivity contribution in [3.63, 3.8) is 0 Å². The lowest BCUT2D eigenvalue weighted by Crippen LogP contribution is -2.34. The minimum absolute atomic E-state index is 0.0145. The first kappa shape index (κ1) is 21.7. The van der Waals surface area contributed by atoms with Crippen molar-refractivity contribution in [2.45, 2.75) is 32.4 Å². The predicted octanol–water partition coefficient (Wildman–Crippen LogP) is 5.42. The largest absolute Gasteiger partial charge is 0.341 e. The van der Waals surface area contributed by atoms with E-state index in [0.717, 1.165) is 40.9 Å². The van der Waals surface area contributed by atoms with E-state index in [1.165, 1.54) is 0 Å². The second-order valence-corrected chi connectivity index (χ2v) is 8.94. The second-order valence-electron chi connectivity index (χ2n) is 8.50. The minimum Gasteiger partial charge on any atom is -0.341 e. The fourth-order valence-corrected chi connectivity index (χ4v) is 5.12. The van der Waals surface area contributed by atoms with Gasteiger partial charge in [0.1, 0.15) is 0 Å². The summed E-state index contributed by atoms with van der Waals surface area (Å²) in [5.41, 5.74) is 5.82. The Kier molecular flexibility index (Phi) is 5.48. The molecule has 0 saturated heterocycles. The Morgan fingerprint density at radius 3 is 2.67 bits per heavy atom. The summed E-state index contributed by atoms with van der Waals surface area (Å²) in [7, 11) is 3.37. The molecule has 1 aromatic heterocycles. The highest BCUT2D eigenvalue weighted by Crippen LogP contribution is 2.44. The molecule has 0 bridgehead atoms. The molecule has 9 heteroatoms. The minimum atomic E-state index is -2.62. The van der Waals surface area contributed by atoms with Gasteiger partial charge in [-0.25, -0.2) is 13.6 Å². The van der Waals surface area contributed by atoms with Crippen LogP contribution in [0.5, 0.6) is 0 Å². The number of carbonyl (C=O) groups is 1. The predicted molar refractivity (Wildman–Crippen MR) is 124 cm³/mol. The number of rotatable bonds is 3. The summed E-state index contributed by atoms with van der Waals surface area (Å²) in [6.45, 7) is 1.60. The lowest BCUT2D eigenvalue weighted by atomic mass is 9.92. The van der Waals surface area contributed by atoms with E-state index in [1.807, 2.05) is 18.2 Å². The number of amides is 2. The molecule has 3 aromatic rings. The van der Waals surface area contributed by atoms with Crippen molar-refractivity contribution < 1.29 is 13.6 Å². The van der Waals surface area contributed by atoms with Gasteiger partial charge >= 0.3 is 6.03 Å². The van der Waals surface area contributed by atoms with Crippen LogP contribution >= 0.6 is 11.6 Å². The molecule has 3 heterocycles. The molecule has 0 radical (unpaired) electrons. The van der Waals surface area contributed by atoms with Crippen molar-refractivity contribution >= 4 is 29.0 Å². The standard InChI is InChI=1S/C24H24ClF2N5O/c1-28-24(33)31-12-15-6-17(25)8-22(20(15)13-31)32-5-3-4-14-7-18(16-10-29-30(2)11-16)19(23(26)27)9-21(14)32/h6-11,23H,3-5,12-13H2,1-2H3,(H,28,33). The number of halogens is 3. The van der Waals surface area contributed by atoms with Crippen molar-refractivity contribution in [1.82, 2.24) is 20.0 Å². The molecule has 172 valence electrons. The van der Waals surface area contributed by atoms with Gasteiger partial charge < -0.3 is 15.1 Å². The maximum Gasteiger partial charge on any atom is 0.317 e. The Bertz CT molecular complexity index is 1240. The quantitative estimate of drug-likeness (QED) is 0.555. The molecule has 0 spiro atoms. The van der Waals surface area contributed by atoms with Crippen molar-refractivity contribution in [2.75, 3.05) is 18.5 Å². The molecule has 0 unspecified atom stereocenters. The fourth-order valence-electron chi connectivity index (χ4n) is 4.89. The molecule has 0 fully saturated rings. The molecular formula is C24H24ClF2N5O. The van der Waals surface area contributed by atoms with Crippen LogP contribution in [0.3, 0.4) is 0 Å². The molecule has 1 N–H and O–H groups in total. The van der Waals surface area contributed by atoms with Gasteiger partial charge in [-0.3, -0.25) is 4.68 Å².